The Morgan fingerprint density at radius 3 is 2.94 bits per heavy atom. The van der Waals surface area contributed by atoms with Gasteiger partial charge in [0.05, 0.1) is 6.10 Å². The highest BCUT2D eigenvalue weighted by molar-refractivity contribution is 5.23. The van der Waals surface area contributed by atoms with Gasteiger partial charge in [0.1, 0.15) is 5.82 Å². The van der Waals surface area contributed by atoms with Crippen molar-refractivity contribution < 1.29 is 9.50 Å². The van der Waals surface area contributed by atoms with Crippen molar-refractivity contribution in [3.63, 3.8) is 0 Å². The van der Waals surface area contributed by atoms with Crippen LogP contribution in [0.4, 0.5) is 4.39 Å². The standard InChI is InChI=1S/C15H22FNO/c1-11-5-6-13(8-15(11)16)10-17-9-12-3-2-4-14(18)7-12/h5-6,8,12,14,17-18H,2-4,7,9-10H2,1H3. The Hall–Kier alpha value is -0.930. The van der Waals surface area contributed by atoms with Crippen molar-refractivity contribution in [3.05, 3.63) is 35.1 Å². The van der Waals surface area contributed by atoms with E-state index >= 15 is 0 Å². The predicted molar refractivity (Wildman–Crippen MR) is 70.8 cm³/mol. The van der Waals surface area contributed by atoms with E-state index in [1.54, 1.807) is 13.0 Å². The Morgan fingerprint density at radius 2 is 2.22 bits per heavy atom. The minimum absolute atomic E-state index is 0.123. The van der Waals surface area contributed by atoms with Crippen molar-refractivity contribution in [2.45, 2.75) is 45.3 Å². The van der Waals surface area contributed by atoms with E-state index in [4.69, 9.17) is 0 Å². The number of aryl methyl sites for hydroxylation is 1. The van der Waals surface area contributed by atoms with Crippen LogP contribution in [-0.4, -0.2) is 17.8 Å². The van der Waals surface area contributed by atoms with Crippen LogP contribution in [0.2, 0.25) is 0 Å². The van der Waals surface area contributed by atoms with Gasteiger partial charge in [-0.1, -0.05) is 18.6 Å². The Kier molecular flexibility index (Phi) is 4.72. The molecule has 2 nitrogen and oxygen atoms in total. The summed E-state index contributed by atoms with van der Waals surface area (Å²) in [5.74, 6) is 0.423. The number of nitrogens with one attached hydrogen (secondary N) is 1. The first-order chi connectivity index (χ1) is 8.65. The highest BCUT2D eigenvalue weighted by Gasteiger charge is 2.19. The highest BCUT2D eigenvalue weighted by Crippen LogP contribution is 2.23. The van der Waals surface area contributed by atoms with Crippen molar-refractivity contribution >= 4 is 0 Å². The zero-order valence-corrected chi connectivity index (χ0v) is 11.0. The molecule has 2 unspecified atom stereocenters. The molecule has 0 aliphatic heterocycles. The van der Waals surface area contributed by atoms with Gasteiger partial charge >= 0.3 is 0 Å². The second kappa shape index (κ2) is 6.30. The molecule has 3 heteroatoms. The van der Waals surface area contributed by atoms with Gasteiger partial charge in [-0.15, -0.1) is 0 Å². The summed E-state index contributed by atoms with van der Waals surface area (Å²) < 4.78 is 13.4. The van der Waals surface area contributed by atoms with Gasteiger partial charge in [-0.2, -0.15) is 0 Å². The molecule has 1 aliphatic carbocycles. The molecule has 2 N–H and O–H groups in total. The average Bonchev–Trinajstić information content (AvgIpc) is 2.34. The number of rotatable bonds is 4. The van der Waals surface area contributed by atoms with E-state index in [9.17, 15) is 9.50 Å². The molecule has 1 aromatic carbocycles. The number of hydrogen-bond acceptors (Lipinski definition) is 2. The summed E-state index contributed by atoms with van der Waals surface area (Å²) in [7, 11) is 0. The van der Waals surface area contributed by atoms with Crippen LogP contribution in [0, 0.1) is 18.7 Å². The summed E-state index contributed by atoms with van der Waals surface area (Å²) in [4.78, 5) is 0. The SMILES string of the molecule is Cc1ccc(CNCC2CCCC(O)C2)cc1F. The molecule has 0 saturated heterocycles. The molecular formula is C15H22FNO. The van der Waals surface area contributed by atoms with Gasteiger partial charge in [-0.05, 0) is 55.8 Å². The minimum Gasteiger partial charge on any atom is -0.393 e. The summed E-state index contributed by atoms with van der Waals surface area (Å²) >= 11 is 0. The minimum atomic E-state index is -0.137. The van der Waals surface area contributed by atoms with Crippen molar-refractivity contribution in [2.75, 3.05) is 6.54 Å². The Bertz CT molecular complexity index is 394. The molecule has 0 amide bonds. The quantitative estimate of drug-likeness (QED) is 0.862. The van der Waals surface area contributed by atoms with E-state index in [2.05, 4.69) is 5.32 Å². The molecule has 0 heterocycles. The van der Waals surface area contributed by atoms with Gasteiger partial charge in [-0.3, -0.25) is 0 Å². The van der Waals surface area contributed by atoms with Gasteiger partial charge in [-0.25, -0.2) is 4.39 Å². The zero-order valence-electron chi connectivity index (χ0n) is 11.0. The molecule has 1 aliphatic rings. The fourth-order valence-corrected chi connectivity index (χ4v) is 2.61. The molecular weight excluding hydrogens is 229 g/mol. The third kappa shape index (κ3) is 3.79. The third-order valence-corrected chi connectivity index (χ3v) is 3.75. The van der Waals surface area contributed by atoms with Crippen molar-refractivity contribution in [2.24, 2.45) is 5.92 Å². The lowest BCUT2D eigenvalue weighted by atomic mass is 9.87. The average molecular weight is 251 g/mol. The van der Waals surface area contributed by atoms with Crippen LogP contribution in [0.25, 0.3) is 0 Å². The normalized spacial score (nSPS) is 24.2. The molecule has 0 radical (unpaired) electrons. The maximum absolute atomic E-state index is 13.4. The molecule has 100 valence electrons. The fraction of sp³-hybridized carbons (Fsp3) is 0.600. The van der Waals surface area contributed by atoms with Crippen LogP contribution < -0.4 is 5.32 Å². The number of aliphatic hydroxyl groups excluding tert-OH is 1. The number of benzene rings is 1. The molecule has 2 rings (SSSR count). The summed E-state index contributed by atoms with van der Waals surface area (Å²) in [6.45, 7) is 3.38. The van der Waals surface area contributed by atoms with E-state index in [0.29, 0.717) is 18.0 Å². The lowest BCUT2D eigenvalue weighted by Crippen LogP contribution is -2.28. The molecule has 1 aromatic rings. The second-order valence-electron chi connectivity index (χ2n) is 5.40. The molecule has 1 saturated carbocycles. The molecule has 1 fully saturated rings. The van der Waals surface area contributed by atoms with Crippen LogP contribution in [0.15, 0.2) is 18.2 Å². The first-order valence-electron chi connectivity index (χ1n) is 6.79. The lowest BCUT2D eigenvalue weighted by Gasteiger charge is -2.26. The topological polar surface area (TPSA) is 32.3 Å². The molecule has 0 bridgehead atoms. The Labute approximate surface area is 108 Å². The van der Waals surface area contributed by atoms with Gasteiger partial charge in [0.2, 0.25) is 0 Å². The molecule has 2 atom stereocenters. The number of halogens is 1. The summed E-state index contributed by atoms with van der Waals surface area (Å²) in [6, 6.07) is 5.37. The molecule has 0 spiro atoms. The second-order valence-corrected chi connectivity index (χ2v) is 5.40. The lowest BCUT2D eigenvalue weighted by molar-refractivity contribution is 0.101. The van der Waals surface area contributed by atoms with Crippen LogP contribution in [0.1, 0.15) is 36.8 Å². The van der Waals surface area contributed by atoms with E-state index in [-0.39, 0.29) is 11.9 Å². The van der Waals surface area contributed by atoms with E-state index in [1.165, 1.54) is 6.42 Å². The zero-order chi connectivity index (χ0) is 13.0. The maximum Gasteiger partial charge on any atom is 0.126 e. The van der Waals surface area contributed by atoms with Gasteiger partial charge in [0, 0.05) is 6.54 Å². The smallest absolute Gasteiger partial charge is 0.126 e. The third-order valence-electron chi connectivity index (χ3n) is 3.75. The van der Waals surface area contributed by atoms with Gasteiger partial charge < -0.3 is 10.4 Å². The Morgan fingerprint density at radius 1 is 1.39 bits per heavy atom. The van der Waals surface area contributed by atoms with Gasteiger partial charge in [0.25, 0.3) is 0 Å². The first kappa shape index (κ1) is 13.5. The number of aliphatic hydroxyl groups is 1. The van der Waals surface area contributed by atoms with Gasteiger partial charge in [0.15, 0.2) is 0 Å². The van der Waals surface area contributed by atoms with E-state index < -0.39 is 0 Å². The van der Waals surface area contributed by atoms with Crippen LogP contribution in [0.3, 0.4) is 0 Å². The van der Waals surface area contributed by atoms with E-state index in [1.807, 2.05) is 12.1 Å². The fourth-order valence-electron chi connectivity index (χ4n) is 2.61. The van der Waals surface area contributed by atoms with Crippen molar-refractivity contribution in [3.8, 4) is 0 Å². The summed E-state index contributed by atoms with van der Waals surface area (Å²) in [5, 5.41) is 12.9. The molecule has 18 heavy (non-hydrogen) atoms. The Balaban J connectivity index is 1.76. The van der Waals surface area contributed by atoms with Crippen molar-refractivity contribution in [1.82, 2.24) is 5.32 Å². The summed E-state index contributed by atoms with van der Waals surface area (Å²) in [6.07, 6.45) is 4.02. The molecule has 0 aromatic heterocycles. The van der Waals surface area contributed by atoms with Crippen LogP contribution in [-0.2, 0) is 6.54 Å². The van der Waals surface area contributed by atoms with Crippen LogP contribution >= 0.6 is 0 Å². The van der Waals surface area contributed by atoms with Crippen LogP contribution in [0.5, 0.6) is 0 Å². The van der Waals surface area contributed by atoms with Crippen molar-refractivity contribution in [1.29, 1.82) is 0 Å². The first-order valence-corrected chi connectivity index (χ1v) is 6.79. The van der Waals surface area contributed by atoms with E-state index in [0.717, 1.165) is 31.4 Å². The highest BCUT2D eigenvalue weighted by atomic mass is 19.1. The predicted octanol–water partition coefficient (Wildman–Crippen LogP) is 2.77. The maximum atomic E-state index is 13.4. The summed E-state index contributed by atoms with van der Waals surface area (Å²) in [5.41, 5.74) is 1.67. The largest absolute Gasteiger partial charge is 0.393 e. The number of hydrogen-bond donors (Lipinski definition) is 2. The monoisotopic (exact) mass is 251 g/mol.